The first kappa shape index (κ1) is 17.9. The molecule has 1 fully saturated rings. The van der Waals surface area contributed by atoms with Crippen LogP contribution in [0, 0.1) is 29.9 Å². The molecule has 1 aliphatic heterocycles. The Hall–Kier alpha value is -2.90. The number of nitrogens with two attached hydrogens (primary N) is 1. The summed E-state index contributed by atoms with van der Waals surface area (Å²) >= 11 is 0. The van der Waals surface area contributed by atoms with Crippen molar-refractivity contribution >= 4 is 29.0 Å². The van der Waals surface area contributed by atoms with Crippen molar-refractivity contribution in [3.05, 3.63) is 39.4 Å². The van der Waals surface area contributed by atoms with Crippen molar-refractivity contribution in [3.63, 3.8) is 0 Å². The van der Waals surface area contributed by atoms with E-state index in [4.69, 9.17) is 5.73 Å². The predicted octanol–water partition coefficient (Wildman–Crippen LogP) is 3.56. The van der Waals surface area contributed by atoms with Crippen LogP contribution in [0.15, 0.2) is 18.2 Å². The molecule has 3 N–H and O–H groups in total. The van der Waals surface area contributed by atoms with Gasteiger partial charge in [-0.1, -0.05) is 13.0 Å². The molecular weight excluding hydrogens is 332 g/mol. The molecule has 0 saturated carbocycles. The van der Waals surface area contributed by atoms with E-state index >= 15 is 0 Å². The Morgan fingerprint density at radius 2 is 2.08 bits per heavy atom. The van der Waals surface area contributed by atoms with Crippen LogP contribution in [0.25, 0.3) is 0 Å². The number of nitrogens with one attached hydrogen (secondary N) is 1. The molecule has 1 aromatic heterocycles. The summed E-state index contributed by atoms with van der Waals surface area (Å²) in [6.45, 7) is 7.64. The van der Waals surface area contributed by atoms with Crippen molar-refractivity contribution in [2.24, 2.45) is 5.92 Å². The van der Waals surface area contributed by atoms with Crippen LogP contribution in [-0.2, 0) is 0 Å². The number of hydrogen-bond donors (Lipinski definition) is 2. The number of benzene rings is 1. The average molecular weight is 356 g/mol. The summed E-state index contributed by atoms with van der Waals surface area (Å²) in [6, 6.07) is 5.91. The summed E-state index contributed by atoms with van der Waals surface area (Å²) < 4.78 is 0. The lowest BCUT2D eigenvalue weighted by molar-refractivity contribution is -0.383. The Bertz CT molecular complexity index is 839. The third-order valence-electron chi connectivity index (χ3n) is 4.79. The topological polar surface area (TPSA) is 110 Å². The van der Waals surface area contributed by atoms with Crippen LogP contribution >= 0.6 is 0 Å². The lowest BCUT2D eigenvalue weighted by Gasteiger charge is -2.31. The molecule has 0 aliphatic carbocycles. The van der Waals surface area contributed by atoms with Crippen LogP contribution in [-0.4, -0.2) is 28.0 Å². The molecule has 2 heterocycles. The van der Waals surface area contributed by atoms with E-state index in [1.807, 2.05) is 36.9 Å². The number of aryl methyl sites for hydroxylation is 2. The maximum Gasteiger partial charge on any atom is 0.353 e. The summed E-state index contributed by atoms with van der Waals surface area (Å²) in [5.41, 5.74) is 8.83. The van der Waals surface area contributed by atoms with Gasteiger partial charge < -0.3 is 16.0 Å². The second kappa shape index (κ2) is 7.15. The van der Waals surface area contributed by atoms with E-state index in [1.165, 1.54) is 5.56 Å². The van der Waals surface area contributed by atoms with Crippen molar-refractivity contribution in [2.75, 3.05) is 29.0 Å². The summed E-state index contributed by atoms with van der Waals surface area (Å²) in [5.74, 6) is 0.894. The maximum absolute atomic E-state index is 11.5. The van der Waals surface area contributed by atoms with Gasteiger partial charge in [0.2, 0.25) is 17.6 Å². The second-order valence-electron chi connectivity index (χ2n) is 6.98. The van der Waals surface area contributed by atoms with Crippen molar-refractivity contribution in [1.29, 1.82) is 0 Å². The first-order valence-electron chi connectivity index (χ1n) is 8.76. The third kappa shape index (κ3) is 3.68. The van der Waals surface area contributed by atoms with Crippen LogP contribution in [0.5, 0.6) is 0 Å². The monoisotopic (exact) mass is 356 g/mol. The lowest BCUT2D eigenvalue weighted by Crippen LogP contribution is -2.35. The fourth-order valence-corrected chi connectivity index (χ4v) is 3.24. The minimum Gasteiger partial charge on any atom is -0.378 e. The number of nitrogens with zero attached hydrogens (tertiary/aromatic N) is 4. The number of aromatic nitrogens is 2. The normalized spacial score (nSPS) is 17.2. The Balaban J connectivity index is 1.99. The SMILES string of the molecule is Cc1ccc(Nc2nc(N)c([N+](=O)[O-])c(N3CCC[C@H](C)C3)n2)cc1C. The number of hydrogen-bond acceptors (Lipinski definition) is 7. The highest BCUT2D eigenvalue weighted by molar-refractivity contribution is 5.72. The quantitative estimate of drug-likeness (QED) is 0.636. The molecule has 0 unspecified atom stereocenters. The zero-order chi connectivity index (χ0) is 18.8. The summed E-state index contributed by atoms with van der Waals surface area (Å²) in [6.07, 6.45) is 2.08. The van der Waals surface area contributed by atoms with Gasteiger partial charge >= 0.3 is 5.69 Å². The van der Waals surface area contributed by atoms with Crippen molar-refractivity contribution in [1.82, 2.24) is 9.97 Å². The van der Waals surface area contributed by atoms with Gasteiger partial charge in [0.15, 0.2) is 0 Å². The van der Waals surface area contributed by atoms with Crippen molar-refractivity contribution in [3.8, 4) is 0 Å². The van der Waals surface area contributed by atoms with Crippen LogP contribution in [0.2, 0.25) is 0 Å². The Morgan fingerprint density at radius 1 is 1.31 bits per heavy atom. The molecule has 8 nitrogen and oxygen atoms in total. The smallest absolute Gasteiger partial charge is 0.353 e. The van der Waals surface area contributed by atoms with Crippen LogP contribution in [0.4, 0.5) is 29.0 Å². The molecule has 3 rings (SSSR count). The Morgan fingerprint density at radius 3 is 2.73 bits per heavy atom. The van der Waals surface area contributed by atoms with E-state index in [-0.39, 0.29) is 17.5 Å². The summed E-state index contributed by atoms with van der Waals surface area (Å²) in [4.78, 5) is 21.5. The molecule has 1 aliphatic rings. The van der Waals surface area contributed by atoms with E-state index in [0.717, 1.165) is 37.2 Å². The molecule has 1 saturated heterocycles. The molecule has 8 heteroatoms. The Labute approximate surface area is 152 Å². The first-order chi connectivity index (χ1) is 12.3. The van der Waals surface area contributed by atoms with E-state index in [0.29, 0.717) is 11.7 Å². The largest absolute Gasteiger partial charge is 0.378 e. The number of nitro groups is 1. The van der Waals surface area contributed by atoms with E-state index in [1.54, 1.807) is 0 Å². The number of nitrogen functional groups attached to an aromatic ring is 1. The number of anilines is 4. The Kier molecular flexibility index (Phi) is 4.92. The minimum atomic E-state index is -0.496. The first-order valence-corrected chi connectivity index (χ1v) is 8.76. The minimum absolute atomic E-state index is 0.121. The highest BCUT2D eigenvalue weighted by atomic mass is 16.6. The molecular formula is C18H24N6O2. The van der Waals surface area contributed by atoms with Crippen LogP contribution < -0.4 is 16.0 Å². The highest BCUT2D eigenvalue weighted by Gasteiger charge is 2.29. The molecule has 0 radical (unpaired) electrons. The van der Waals surface area contributed by atoms with Gasteiger partial charge in [0.05, 0.1) is 4.92 Å². The van der Waals surface area contributed by atoms with Gasteiger partial charge in [-0.15, -0.1) is 0 Å². The molecule has 2 aromatic rings. The number of piperidine rings is 1. The van der Waals surface area contributed by atoms with Crippen LogP contribution in [0.1, 0.15) is 30.9 Å². The molecule has 0 spiro atoms. The zero-order valence-electron chi connectivity index (χ0n) is 15.3. The molecule has 26 heavy (non-hydrogen) atoms. The van der Waals surface area contributed by atoms with Gasteiger partial charge in [-0.05, 0) is 55.9 Å². The van der Waals surface area contributed by atoms with Gasteiger partial charge in [-0.3, -0.25) is 10.1 Å². The predicted molar refractivity (Wildman–Crippen MR) is 103 cm³/mol. The van der Waals surface area contributed by atoms with Gasteiger partial charge in [-0.25, -0.2) is 0 Å². The summed E-state index contributed by atoms with van der Waals surface area (Å²) in [7, 11) is 0. The van der Waals surface area contributed by atoms with Crippen LogP contribution in [0.3, 0.4) is 0 Å². The molecule has 1 atom stereocenters. The number of rotatable bonds is 4. The molecule has 0 amide bonds. The zero-order valence-corrected chi connectivity index (χ0v) is 15.3. The lowest BCUT2D eigenvalue weighted by atomic mass is 10.0. The van der Waals surface area contributed by atoms with Gasteiger partial charge in [-0.2, -0.15) is 9.97 Å². The molecule has 1 aromatic carbocycles. The van der Waals surface area contributed by atoms with Crippen molar-refractivity contribution in [2.45, 2.75) is 33.6 Å². The van der Waals surface area contributed by atoms with Gasteiger partial charge in [0.25, 0.3) is 0 Å². The molecule has 138 valence electrons. The van der Waals surface area contributed by atoms with E-state index in [2.05, 4.69) is 22.2 Å². The highest BCUT2D eigenvalue weighted by Crippen LogP contribution is 2.35. The second-order valence-corrected chi connectivity index (χ2v) is 6.98. The third-order valence-corrected chi connectivity index (χ3v) is 4.79. The van der Waals surface area contributed by atoms with Crippen molar-refractivity contribution < 1.29 is 4.92 Å². The fourth-order valence-electron chi connectivity index (χ4n) is 3.24. The average Bonchev–Trinajstić information content (AvgIpc) is 2.57. The van der Waals surface area contributed by atoms with Gasteiger partial charge in [0, 0.05) is 18.8 Å². The van der Waals surface area contributed by atoms with E-state index in [9.17, 15) is 10.1 Å². The van der Waals surface area contributed by atoms with E-state index < -0.39 is 4.92 Å². The summed E-state index contributed by atoms with van der Waals surface area (Å²) in [5, 5.41) is 14.6. The fraction of sp³-hybridized carbons (Fsp3) is 0.444. The maximum atomic E-state index is 11.5. The van der Waals surface area contributed by atoms with Gasteiger partial charge in [0.1, 0.15) is 0 Å². The standard InChI is InChI=1S/C18H24N6O2/c1-11-5-4-8-23(10-11)17-15(24(25)26)16(19)21-18(22-17)20-14-7-6-12(2)13(3)9-14/h6-7,9,11H,4-5,8,10H2,1-3H3,(H3,19,20,21,22)/t11-/m0/s1. The molecule has 0 bridgehead atoms.